The summed E-state index contributed by atoms with van der Waals surface area (Å²) < 4.78 is 10.4. The van der Waals surface area contributed by atoms with Gasteiger partial charge in [-0.25, -0.2) is 0 Å². The van der Waals surface area contributed by atoms with Crippen molar-refractivity contribution in [2.24, 2.45) is 5.92 Å². The summed E-state index contributed by atoms with van der Waals surface area (Å²) in [7, 11) is 3.19. The van der Waals surface area contributed by atoms with Gasteiger partial charge in [0.2, 0.25) is 5.91 Å². The van der Waals surface area contributed by atoms with E-state index >= 15 is 0 Å². The molecule has 1 fully saturated rings. The van der Waals surface area contributed by atoms with E-state index in [2.05, 4.69) is 17.1 Å². The molecule has 0 spiro atoms. The molecule has 1 heterocycles. The summed E-state index contributed by atoms with van der Waals surface area (Å²) in [4.78, 5) is 14.5. The highest BCUT2D eigenvalue weighted by Crippen LogP contribution is 2.25. The van der Waals surface area contributed by atoms with Gasteiger partial charge in [-0.1, -0.05) is 6.92 Å². The second-order valence-electron chi connectivity index (χ2n) is 5.95. The number of hydrogen-bond acceptors (Lipinski definition) is 4. The standard InChI is InChI=1S/C17H26N2O3/c1-13-5-4-7-19(12-13)8-6-17(20)18-14-9-15(21-2)11-16(10-14)22-3/h9-11,13H,4-8,12H2,1-3H3,(H,18,20). The maximum absolute atomic E-state index is 12.1. The van der Waals surface area contributed by atoms with Crippen LogP contribution < -0.4 is 14.8 Å². The van der Waals surface area contributed by atoms with Crippen molar-refractivity contribution in [2.45, 2.75) is 26.2 Å². The van der Waals surface area contributed by atoms with E-state index < -0.39 is 0 Å². The number of ether oxygens (including phenoxy) is 2. The van der Waals surface area contributed by atoms with Crippen molar-refractivity contribution in [1.82, 2.24) is 4.90 Å². The van der Waals surface area contributed by atoms with Gasteiger partial charge in [-0.3, -0.25) is 4.79 Å². The highest BCUT2D eigenvalue weighted by molar-refractivity contribution is 5.91. The van der Waals surface area contributed by atoms with Gasteiger partial charge < -0.3 is 19.7 Å². The molecule has 1 aromatic carbocycles. The number of likely N-dealkylation sites (tertiary alicyclic amines) is 1. The van der Waals surface area contributed by atoms with E-state index in [9.17, 15) is 4.79 Å². The average Bonchev–Trinajstić information content (AvgIpc) is 2.52. The van der Waals surface area contributed by atoms with Gasteiger partial charge in [0.15, 0.2) is 0 Å². The topological polar surface area (TPSA) is 50.8 Å². The monoisotopic (exact) mass is 306 g/mol. The number of carbonyl (C=O) groups is 1. The zero-order valence-corrected chi connectivity index (χ0v) is 13.7. The Kier molecular flexibility index (Phi) is 6.07. The highest BCUT2D eigenvalue weighted by atomic mass is 16.5. The molecule has 2 rings (SSSR count). The third-order valence-electron chi connectivity index (χ3n) is 4.03. The van der Waals surface area contributed by atoms with E-state index in [0.29, 0.717) is 23.6 Å². The number of anilines is 1. The number of nitrogens with one attached hydrogen (secondary N) is 1. The average molecular weight is 306 g/mol. The van der Waals surface area contributed by atoms with Crippen LogP contribution in [0, 0.1) is 5.92 Å². The number of carbonyl (C=O) groups excluding carboxylic acids is 1. The normalized spacial score (nSPS) is 18.8. The summed E-state index contributed by atoms with van der Waals surface area (Å²) in [6.07, 6.45) is 3.04. The zero-order valence-electron chi connectivity index (χ0n) is 13.7. The van der Waals surface area contributed by atoms with Gasteiger partial charge in [0, 0.05) is 43.4 Å². The van der Waals surface area contributed by atoms with Crippen molar-refractivity contribution < 1.29 is 14.3 Å². The Bertz CT molecular complexity index is 482. The molecular weight excluding hydrogens is 280 g/mol. The number of rotatable bonds is 6. The molecule has 0 saturated carbocycles. The Morgan fingerprint density at radius 2 is 1.95 bits per heavy atom. The Hall–Kier alpha value is -1.75. The molecule has 1 aliphatic heterocycles. The molecule has 0 radical (unpaired) electrons. The molecule has 1 saturated heterocycles. The van der Waals surface area contributed by atoms with Crippen molar-refractivity contribution in [3.05, 3.63) is 18.2 Å². The maximum Gasteiger partial charge on any atom is 0.225 e. The molecule has 22 heavy (non-hydrogen) atoms. The second-order valence-corrected chi connectivity index (χ2v) is 5.95. The molecule has 122 valence electrons. The van der Waals surface area contributed by atoms with Crippen LogP contribution in [0.5, 0.6) is 11.5 Å². The summed E-state index contributed by atoms with van der Waals surface area (Å²) in [5.74, 6) is 2.09. The minimum Gasteiger partial charge on any atom is -0.497 e. The van der Waals surface area contributed by atoms with Crippen LogP contribution in [0.3, 0.4) is 0 Å². The van der Waals surface area contributed by atoms with E-state index in [1.54, 1.807) is 32.4 Å². The van der Waals surface area contributed by atoms with Gasteiger partial charge in [0.25, 0.3) is 0 Å². The van der Waals surface area contributed by atoms with Crippen molar-refractivity contribution in [3.8, 4) is 11.5 Å². The SMILES string of the molecule is COc1cc(NC(=O)CCN2CCCC(C)C2)cc(OC)c1. The number of amides is 1. The quantitative estimate of drug-likeness (QED) is 0.878. The van der Waals surface area contributed by atoms with Crippen LogP contribution >= 0.6 is 0 Å². The molecule has 0 aliphatic carbocycles. The summed E-state index contributed by atoms with van der Waals surface area (Å²) in [6, 6.07) is 5.37. The first-order valence-corrected chi connectivity index (χ1v) is 7.86. The summed E-state index contributed by atoms with van der Waals surface area (Å²) >= 11 is 0. The lowest BCUT2D eigenvalue weighted by Crippen LogP contribution is -2.36. The minimum absolute atomic E-state index is 0.0218. The Morgan fingerprint density at radius 3 is 2.55 bits per heavy atom. The number of methoxy groups -OCH3 is 2. The first kappa shape index (κ1) is 16.6. The van der Waals surface area contributed by atoms with Crippen LogP contribution in [0.25, 0.3) is 0 Å². The van der Waals surface area contributed by atoms with Crippen LogP contribution in [0.15, 0.2) is 18.2 Å². The minimum atomic E-state index is 0.0218. The molecular formula is C17H26N2O3. The molecule has 1 unspecified atom stereocenters. The third-order valence-corrected chi connectivity index (χ3v) is 4.03. The molecule has 5 heteroatoms. The maximum atomic E-state index is 12.1. The van der Waals surface area contributed by atoms with Gasteiger partial charge in [-0.15, -0.1) is 0 Å². The first-order valence-electron chi connectivity index (χ1n) is 7.86. The number of piperidine rings is 1. The summed E-state index contributed by atoms with van der Waals surface area (Å²) in [5, 5.41) is 2.92. The Morgan fingerprint density at radius 1 is 1.27 bits per heavy atom. The second kappa shape index (κ2) is 8.03. The Labute approximate surface area is 132 Å². The molecule has 1 amide bonds. The van der Waals surface area contributed by atoms with Crippen LogP contribution in [-0.2, 0) is 4.79 Å². The van der Waals surface area contributed by atoms with Crippen molar-refractivity contribution in [1.29, 1.82) is 0 Å². The summed E-state index contributed by atoms with van der Waals surface area (Å²) in [5.41, 5.74) is 0.702. The van der Waals surface area contributed by atoms with Crippen molar-refractivity contribution >= 4 is 11.6 Å². The lowest BCUT2D eigenvalue weighted by Gasteiger charge is -2.30. The fourth-order valence-corrected chi connectivity index (χ4v) is 2.85. The lowest BCUT2D eigenvalue weighted by atomic mass is 10.0. The van der Waals surface area contributed by atoms with E-state index in [0.717, 1.165) is 25.6 Å². The highest BCUT2D eigenvalue weighted by Gasteiger charge is 2.17. The van der Waals surface area contributed by atoms with E-state index in [1.807, 2.05) is 0 Å². The fraction of sp³-hybridized carbons (Fsp3) is 0.588. The molecule has 1 aliphatic rings. The first-order chi connectivity index (χ1) is 10.6. The molecule has 1 atom stereocenters. The molecule has 0 bridgehead atoms. The zero-order chi connectivity index (χ0) is 15.9. The van der Waals surface area contributed by atoms with E-state index in [4.69, 9.17) is 9.47 Å². The van der Waals surface area contributed by atoms with Gasteiger partial charge in [-0.2, -0.15) is 0 Å². The smallest absolute Gasteiger partial charge is 0.225 e. The van der Waals surface area contributed by atoms with Crippen molar-refractivity contribution in [3.63, 3.8) is 0 Å². The van der Waals surface area contributed by atoms with Crippen molar-refractivity contribution in [2.75, 3.05) is 39.2 Å². The molecule has 5 nitrogen and oxygen atoms in total. The third kappa shape index (κ3) is 4.91. The fourth-order valence-electron chi connectivity index (χ4n) is 2.85. The molecule has 0 aromatic heterocycles. The predicted molar refractivity (Wildman–Crippen MR) is 87.6 cm³/mol. The largest absolute Gasteiger partial charge is 0.497 e. The van der Waals surface area contributed by atoms with E-state index in [-0.39, 0.29) is 5.91 Å². The van der Waals surface area contributed by atoms with Crippen LogP contribution in [0.1, 0.15) is 26.2 Å². The van der Waals surface area contributed by atoms with Gasteiger partial charge >= 0.3 is 0 Å². The van der Waals surface area contributed by atoms with Gasteiger partial charge in [0.05, 0.1) is 14.2 Å². The number of nitrogens with zero attached hydrogens (tertiary/aromatic N) is 1. The van der Waals surface area contributed by atoms with Gasteiger partial charge in [0.1, 0.15) is 11.5 Å². The van der Waals surface area contributed by atoms with Crippen LogP contribution in [0.4, 0.5) is 5.69 Å². The van der Waals surface area contributed by atoms with Crippen LogP contribution in [-0.4, -0.2) is 44.7 Å². The lowest BCUT2D eigenvalue weighted by molar-refractivity contribution is -0.116. The Balaban J connectivity index is 1.86. The van der Waals surface area contributed by atoms with Crippen LogP contribution in [0.2, 0.25) is 0 Å². The number of benzene rings is 1. The molecule has 1 aromatic rings. The molecule has 1 N–H and O–H groups in total. The van der Waals surface area contributed by atoms with E-state index in [1.165, 1.54) is 12.8 Å². The van der Waals surface area contributed by atoms with Gasteiger partial charge in [-0.05, 0) is 25.3 Å². The predicted octanol–water partition coefficient (Wildman–Crippen LogP) is 2.76. The summed E-state index contributed by atoms with van der Waals surface area (Å²) in [6.45, 7) is 5.29. The number of hydrogen-bond donors (Lipinski definition) is 1.